The monoisotopic (exact) mass is 530 g/mol. The summed E-state index contributed by atoms with van der Waals surface area (Å²) in [7, 11) is 0. The number of aromatic carboxylic acids is 1. The van der Waals surface area contributed by atoms with Crippen LogP contribution in [0.3, 0.4) is 0 Å². The number of carboxylic acids is 1. The molecule has 9 heteroatoms. The number of imidazole rings is 1. The molecule has 1 N–H and O–H groups in total. The van der Waals surface area contributed by atoms with Gasteiger partial charge in [0, 0.05) is 25.1 Å². The highest BCUT2D eigenvalue weighted by Crippen LogP contribution is 2.29. The minimum Gasteiger partial charge on any atom is -0.478 e. The van der Waals surface area contributed by atoms with Gasteiger partial charge in [-0.3, -0.25) is 4.90 Å². The number of aromatic nitrogens is 3. The number of carboxylic acid groups (broad SMARTS) is 1. The van der Waals surface area contributed by atoms with Crippen LogP contribution < -0.4 is 4.74 Å². The van der Waals surface area contributed by atoms with Gasteiger partial charge in [0.05, 0.1) is 41.5 Å². The van der Waals surface area contributed by atoms with E-state index in [1.165, 1.54) is 22.5 Å². The van der Waals surface area contributed by atoms with Crippen molar-refractivity contribution in [2.45, 2.75) is 45.6 Å². The minimum absolute atomic E-state index is 0.152. The Morgan fingerprint density at radius 3 is 2.76 bits per heavy atom. The van der Waals surface area contributed by atoms with Gasteiger partial charge < -0.3 is 19.1 Å². The lowest BCUT2D eigenvalue weighted by molar-refractivity contribution is -0.0591. The largest absolute Gasteiger partial charge is 0.478 e. The van der Waals surface area contributed by atoms with Crippen molar-refractivity contribution < 1.29 is 19.4 Å². The Kier molecular flexibility index (Phi) is 6.97. The molecule has 0 bridgehead atoms. The van der Waals surface area contributed by atoms with Crippen LogP contribution in [-0.4, -0.2) is 56.3 Å². The van der Waals surface area contributed by atoms with Gasteiger partial charge in [-0.2, -0.15) is 0 Å². The van der Waals surface area contributed by atoms with Crippen LogP contribution in [0.5, 0.6) is 5.19 Å². The molecule has 4 heterocycles. The van der Waals surface area contributed by atoms with Gasteiger partial charge in [0.1, 0.15) is 12.4 Å². The third-order valence-electron chi connectivity index (χ3n) is 7.21. The molecule has 4 aromatic rings. The maximum absolute atomic E-state index is 11.5. The van der Waals surface area contributed by atoms with E-state index in [0.29, 0.717) is 24.9 Å². The van der Waals surface area contributed by atoms with Gasteiger partial charge in [-0.25, -0.2) is 14.8 Å². The molecular weight excluding hydrogens is 500 g/mol. The number of fused-ring (bicyclic) bond motifs is 1. The highest BCUT2D eigenvalue weighted by Gasteiger charge is 2.24. The first-order valence-corrected chi connectivity index (χ1v) is 13.8. The van der Waals surface area contributed by atoms with E-state index in [9.17, 15) is 9.90 Å². The molecule has 2 aromatic heterocycles. The van der Waals surface area contributed by atoms with Crippen LogP contribution in [0.4, 0.5) is 0 Å². The average molecular weight is 531 g/mol. The third kappa shape index (κ3) is 5.36. The summed E-state index contributed by atoms with van der Waals surface area (Å²) in [5, 5.41) is 12.2. The molecule has 0 aliphatic carbocycles. The van der Waals surface area contributed by atoms with Crippen molar-refractivity contribution in [2.24, 2.45) is 0 Å². The quantitative estimate of drug-likeness (QED) is 0.320. The number of nitrogens with zero attached hydrogens (tertiary/aromatic N) is 4. The van der Waals surface area contributed by atoms with Crippen LogP contribution in [0.15, 0.2) is 53.9 Å². The molecule has 1 fully saturated rings. The molecule has 6 rings (SSSR count). The van der Waals surface area contributed by atoms with Gasteiger partial charge >= 0.3 is 5.97 Å². The Bertz CT molecular complexity index is 1490. The molecule has 0 saturated carbocycles. The molecule has 0 radical (unpaired) electrons. The summed E-state index contributed by atoms with van der Waals surface area (Å²) in [6, 6.07) is 13.5. The summed E-state index contributed by atoms with van der Waals surface area (Å²) < 4.78 is 13.8. The summed E-state index contributed by atoms with van der Waals surface area (Å²) >= 11 is 1.54. The maximum Gasteiger partial charge on any atom is 0.335 e. The lowest BCUT2D eigenvalue weighted by Crippen LogP contribution is -2.33. The van der Waals surface area contributed by atoms with Crippen molar-refractivity contribution in [2.75, 3.05) is 19.7 Å². The predicted molar refractivity (Wildman–Crippen MR) is 147 cm³/mol. The molecule has 0 unspecified atom stereocenters. The van der Waals surface area contributed by atoms with E-state index in [2.05, 4.69) is 52.1 Å². The number of thiazole rings is 1. The zero-order chi connectivity index (χ0) is 26.1. The number of benzene rings is 2. The Hall–Kier alpha value is -3.53. The second kappa shape index (κ2) is 10.7. The summed E-state index contributed by atoms with van der Waals surface area (Å²) in [4.78, 5) is 23.5. The standard InChI is InChI=1S/C29H30N4O4S/c1-19-2-4-20(5-3-19)17-37-29-31-25(18-38-29)21-8-11-32(12-9-21)16-27-30-24-7-6-22(28(34)35)14-26(24)33(27)15-23-10-13-36-23/h2-8,14,18,23H,9-13,15-17H2,1H3,(H,34,35)/t23-/m0/s1. The van der Waals surface area contributed by atoms with Crippen LogP contribution in [0.2, 0.25) is 0 Å². The normalized spacial score (nSPS) is 17.8. The fourth-order valence-electron chi connectivity index (χ4n) is 4.85. The highest BCUT2D eigenvalue weighted by atomic mass is 32.1. The first kappa shape index (κ1) is 24.8. The molecule has 2 aliphatic heterocycles. The van der Waals surface area contributed by atoms with Crippen molar-refractivity contribution in [1.29, 1.82) is 0 Å². The van der Waals surface area contributed by atoms with Crippen molar-refractivity contribution in [3.8, 4) is 5.19 Å². The summed E-state index contributed by atoms with van der Waals surface area (Å²) in [5.41, 5.74) is 6.54. The van der Waals surface area contributed by atoms with E-state index in [0.717, 1.165) is 60.7 Å². The van der Waals surface area contributed by atoms with Crippen LogP contribution in [0, 0.1) is 6.92 Å². The van der Waals surface area contributed by atoms with E-state index < -0.39 is 5.97 Å². The van der Waals surface area contributed by atoms with Gasteiger partial charge in [-0.15, -0.1) is 0 Å². The molecule has 0 spiro atoms. The van der Waals surface area contributed by atoms with E-state index >= 15 is 0 Å². The second-order valence-corrected chi connectivity index (χ2v) is 10.7. The molecule has 2 aromatic carbocycles. The van der Waals surface area contributed by atoms with E-state index in [-0.39, 0.29) is 11.7 Å². The fraction of sp³-hybridized carbons (Fsp3) is 0.345. The molecule has 1 atom stereocenters. The van der Waals surface area contributed by atoms with Gasteiger partial charge in [-0.1, -0.05) is 47.2 Å². The average Bonchev–Trinajstić information content (AvgIpc) is 3.50. The lowest BCUT2D eigenvalue weighted by Gasteiger charge is -2.29. The zero-order valence-electron chi connectivity index (χ0n) is 21.3. The fourth-order valence-corrected chi connectivity index (χ4v) is 5.54. The molecule has 2 aliphatic rings. The van der Waals surface area contributed by atoms with Crippen molar-refractivity contribution in [3.05, 3.63) is 82.1 Å². The molecule has 1 saturated heterocycles. The minimum atomic E-state index is -0.930. The maximum atomic E-state index is 11.5. The summed E-state index contributed by atoms with van der Waals surface area (Å²) in [6.45, 7) is 6.45. The van der Waals surface area contributed by atoms with E-state index in [4.69, 9.17) is 19.4 Å². The molecular formula is C29H30N4O4S. The number of carbonyl (C=O) groups is 1. The van der Waals surface area contributed by atoms with Crippen molar-refractivity contribution >= 4 is 33.9 Å². The van der Waals surface area contributed by atoms with Gasteiger partial charge in [0.25, 0.3) is 5.19 Å². The van der Waals surface area contributed by atoms with Crippen LogP contribution in [-0.2, 0) is 24.4 Å². The Morgan fingerprint density at radius 2 is 2.05 bits per heavy atom. The topological polar surface area (TPSA) is 89.7 Å². The number of aryl methyl sites for hydroxylation is 1. The van der Waals surface area contributed by atoms with Gasteiger partial charge in [-0.05, 0) is 49.1 Å². The van der Waals surface area contributed by atoms with Crippen molar-refractivity contribution in [1.82, 2.24) is 19.4 Å². The molecule has 0 amide bonds. The SMILES string of the molecule is Cc1ccc(COc2nc(C3=CCN(Cc4nc5ccc(C(=O)O)cc5n4C[C@@H]4CCO4)CC3)cs2)cc1. The number of hydrogen-bond acceptors (Lipinski definition) is 7. The lowest BCUT2D eigenvalue weighted by atomic mass is 10.1. The smallest absolute Gasteiger partial charge is 0.335 e. The summed E-state index contributed by atoms with van der Waals surface area (Å²) in [5.74, 6) is 0.0101. The van der Waals surface area contributed by atoms with Crippen molar-refractivity contribution in [3.63, 3.8) is 0 Å². The van der Waals surface area contributed by atoms with Gasteiger partial charge in [0.2, 0.25) is 0 Å². The Labute approximate surface area is 225 Å². The van der Waals surface area contributed by atoms with E-state index in [1.54, 1.807) is 18.2 Å². The zero-order valence-corrected chi connectivity index (χ0v) is 22.1. The van der Waals surface area contributed by atoms with E-state index in [1.807, 2.05) is 0 Å². The molecule has 196 valence electrons. The Balaban J connectivity index is 1.13. The summed E-state index contributed by atoms with van der Waals surface area (Å²) in [6.07, 6.45) is 4.31. The molecule has 8 nitrogen and oxygen atoms in total. The van der Waals surface area contributed by atoms with Crippen LogP contribution in [0.1, 0.15) is 45.8 Å². The van der Waals surface area contributed by atoms with Crippen LogP contribution in [0.25, 0.3) is 16.6 Å². The molecule has 38 heavy (non-hydrogen) atoms. The van der Waals surface area contributed by atoms with Gasteiger partial charge in [0.15, 0.2) is 0 Å². The number of hydrogen-bond donors (Lipinski definition) is 1. The predicted octanol–water partition coefficient (Wildman–Crippen LogP) is 5.16. The second-order valence-electron chi connectivity index (χ2n) is 9.92. The number of ether oxygens (including phenoxy) is 2. The third-order valence-corrected chi connectivity index (χ3v) is 7.96. The first-order chi connectivity index (χ1) is 18.5. The Morgan fingerprint density at radius 1 is 1.21 bits per heavy atom. The highest BCUT2D eigenvalue weighted by molar-refractivity contribution is 7.11. The number of rotatable bonds is 9. The van der Waals surface area contributed by atoms with Crippen LogP contribution >= 0.6 is 11.3 Å². The first-order valence-electron chi connectivity index (χ1n) is 12.9.